The highest BCUT2D eigenvalue weighted by atomic mass is 16.5. The van der Waals surface area contributed by atoms with Crippen molar-refractivity contribution in [1.29, 1.82) is 0 Å². The van der Waals surface area contributed by atoms with Gasteiger partial charge in [0.15, 0.2) is 6.29 Å². The average Bonchev–Trinajstić information content (AvgIpc) is 2.83. The lowest BCUT2D eigenvalue weighted by molar-refractivity contribution is 0.0600. The number of carbonyl (C=O) groups excluding carboxylic acids is 2. The first-order valence-electron chi connectivity index (χ1n) is 5.32. The highest BCUT2D eigenvalue weighted by molar-refractivity contribution is 5.95. The van der Waals surface area contributed by atoms with E-state index in [2.05, 4.69) is 9.84 Å². The van der Waals surface area contributed by atoms with E-state index in [9.17, 15) is 9.59 Å². The molecule has 0 saturated carbocycles. The van der Waals surface area contributed by atoms with Gasteiger partial charge in [0.05, 0.1) is 18.9 Å². The van der Waals surface area contributed by atoms with Crippen LogP contribution in [0.25, 0.3) is 11.1 Å². The summed E-state index contributed by atoms with van der Waals surface area (Å²) < 4.78 is 6.27. The maximum atomic E-state index is 11.4. The highest BCUT2D eigenvalue weighted by Crippen LogP contribution is 2.23. The number of aromatic nitrogens is 2. The van der Waals surface area contributed by atoms with Crippen molar-refractivity contribution in [1.82, 2.24) is 9.78 Å². The van der Waals surface area contributed by atoms with Crippen molar-refractivity contribution in [2.24, 2.45) is 7.05 Å². The van der Waals surface area contributed by atoms with Crippen LogP contribution < -0.4 is 0 Å². The molecule has 0 unspecified atom stereocenters. The van der Waals surface area contributed by atoms with Crippen LogP contribution in [0.5, 0.6) is 0 Å². The van der Waals surface area contributed by atoms with Gasteiger partial charge in [-0.15, -0.1) is 0 Å². The summed E-state index contributed by atoms with van der Waals surface area (Å²) in [6, 6.07) is 4.86. The maximum absolute atomic E-state index is 11.4. The van der Waals surface area contributed by atoms with Crippen LogP contribution in [-0.4, -0.2) is 29.1 Å². The number of nitrogens with zero attached hydrogens (tertiary/aromatic N) is 2. The van der Waals surface area contributed by atoms with E-state index in [4.69, 9.17) is 0 Å². The summed E-state index contributed by atoms with van der Waals surface area (Å²) >= 11 is 0. The molecule has 5 heteroatoms. The van der Waals surface area contributed by atoms with E-state index in [-0.39, 0.29) is 0 Å². The van der Waals surface area contributed by atoms with Gasteiger partial charge in [-0.25, -0.2) is 4.79 Å². The van der Waals surface area contributed by atoms with Crippen LogP contribution in [-0.2, 0) is 11.8 Å². The van der Waals surface area contributed by atoms with Crippen LogP contribution in [0.15, 0.2) is 30.6 Å². The summed E-state index contributed by atoms with van der Waals surface area (Å²) in [5, 5.41) is 4.05. The molecule has 0 aliphatic carbocycles. The van der Waals surface area contributed by atoms with Gasteiger partial charge in [-0.1, -0.05) is 6.07 Å². The minimum Gasteiger partial charge on any atom is -0.465 e. The van der Waals surface area contributed by atoms with Crippen molar-refractivity contribution in [3.63, 3.8) is 0 Å². The molecule has 0 bridgehead atoms. The maximum Gasteiger partial charge on any atom is 0.337 e. The van der Waals surface area contributed by atoms with Gasteiger partial charge in [-0.2, -0.15) is 5.10 Å². The molecule has 18 heavy (non-hydrogen) atoms. The summed E-state index contributed by atoms with van der Waals surface area (Å²) in [6.45, 7) is 0. The van der Waals surface area contributed by atoms with E-state index in [1.54, 1.807) is 36.3 Å². The Bertz CT molecular complexity index is 602. The van der Waals surface area contributed by atoms with Gasteiger partial charge < -0.3 is 4.74 Å². The lowest BCUT2D eigenvalue weighted by Crippen LogP contribution is -2.02. The van der Waals surface area contributed by atoms with Crippen LogP contribution >= 0.6 is 0 Å². The molecule has 0 saturated heterocycles. The third kappa shape index (κ3) is 2.15. The SMILES string of the molecule is COC(=O)c1ccc(-c2cnn(C)c2)c(C=O)c1. The number of ether oxygens (including phenoxy) is 1. The minimum atomic E-state index is -0.462. The smallest absolute Gasteiger partial charge is 0.337 e. The third-order valence-corrected chi connectivity index (χ3v) is 2.62. The molecule has 0 spiro atoms. The van der Waals surface area contributed by atoms with Gasteiger partial charge in [0, 0.05) is 24.4 Å². The molecule has 0 amide bonds. The Kier molecular flexibility index (Phi) is 3.23. The molecular weight excluding hydrogens is 232 g/mol. The summed E-state index contributed by atoms with van der Waals surface area (Å²) in [6.07, 6.45) is 4.19. The number of esters is 1. The van der Waals surface area contributed by atoms with Gasteiger partial charge in [0.25, 0.3) is 0 Å². The Balaban J connectivity index is 2.50. The predicted octanol–water partition coefficient (Wildman–Crippen LogP) is 1.69. The van der Waals surface area contributed by atoms with Crippen molar-refractivity contribution in [2.45, 2.75) is 0 Å². The lowest BCUT2D eigenvalue weighted by Gasteiger charge is -2.04. The Morgan fingerprint density at radius 1 is 1.44 bits per heavy atom. The number of aldehydes is 1. The van der Waals surface area contributed by atoms with Gasteiger partial charge in [0.2, 0.25) is 0 Å². The zero-order valence-corrected chi connectivity index (χ0v) is 10.1. The monoisotopic (exact) mass is 244 g/mol. The predicted molar refractivity (Wildman–Crippen MR) is 65.4 cm³/mol. The first-order valence-corrected chi connectivity index (χ1v) is 5.32. The van der Waals surface area contributed by atoms with Crippen LogP contribution in [0, 0.1) is 0 Å². The summed E-state index contributed by atoms with van der Waals surface area (Å²) in [5.41, 5.74) is 2.36. The molecule has 1 aromatic carbocycles. The van der Waals surface area contributed by atoms with E-state index in [0.717, 1.165) is 17.4 Å². The molecule has 2 aromatic rings. The number of benzene rings is 1. The van der Waals surface area contributed by atoms with Crippen molar-refractivity contribution in [2.75, 3.05) is 7.11 Å². The quantitative estimate of drug-likeness (QED) is 0.609. The van der Waals surface area contributed by atoms with Crippen molar-refractivity contribution >= 4 is 12.3 Å². The van der Waals surface area contributed by atoms with E-state index in [0.29, 0.717) is 11.1 Å². The molecular formula is C13H12N2O3. The fourth-order valence-corrected chi connectivity index (χ4v) is 1.73. The molecule has 2 rings (SSSR count). The Labute approximate surface area is 104 Å². The zero-order chi connectivity index (χ0) is 13.1. The van der Waals surface area contributed by atoms with Crippen LogP contribution in [0.2, 0.25) is 0 Å². The number of hydrogen-bond donors (Lipinski definition) is 0. The molecule has 0 aliphatic rings. The number of rotatable bonds is 3. The molecule has 0 radical (unpaired) electrons. The third-order valence-electron chi connectivity index (χ3n) is 2.62. The molecule has 1 heterocycles. The van der Waals surface area contributed by atoms with E-state index in [1.165, 1.54) is 13.2 Å². The second-order valence-corrected chi connectivity index (χ2v) is 3.81. The van der Waals surface area contributed by atoms with Crippen LogP contribution in [0.3, 0.4) is 0 Å². The molecule has 0 atom stereocenters. The van der Waals surface area contributed by atoms with Gasteiger partial charge in [0.1, 0.15) is 0 Å². The normalized spacial score (nSPS) is 10.1. The first kappa shape index (κ1) is 12.0. The fourth-order valence-electron chi connectivity index (χ4n) is 1.73. The molecule has 1 aromatic heterocycles. The van der Waals surface area contributed by atoms with E-state index in [1.807, 2.05) is 0 Å². The summed E-state index contributed by atoms with van der Waals surface area (Å²) in [7, 11) is 3.10. The molecule has 92 valence electrons. The fraction of sp³-hybridized carbons (Fsp3) is 0.154. The Hall–Kier alpha value is -2.43. The molecule has 0 fully saturated rings. The minimum absolute atomic E-state index is 0.354. The first-order chi connectivity index (χ1) is 8.65. The Morgan fingerprint density at radius 2 is 2.22 bits per heavy atom. The standard InChI is InChI=1S/C13H12N2O3/c1-15-7-11(6-14-15)12-4-3-9(13(17)18-2)5-10(12)8-16/h3-8H,1-2H3. The summed E-state index contributed by atoms with van der Waals surface area (Å²) in [5.74, 6) is -0.462. The van der Waals surface area contributed by atoms with Crippen molar-refractivity contribution in [3.05, 3.63) is 41.7 Å². The number of hydrogen-bond acceptors (Lipinski definition) is 4. The van der Waals surface area contributed by atoms with Crippen LogP contribution in [0.1, 0.15) is 20.7 Å². The summed E-state index contributed by atoms with van der Waals surface area (Å²) in [4.78, 5) is 22.5. The highest BCUT2D eigenvalue weighted by Gasteiger charge is 2.11. The van der Waals surface area contributed by atoms with Gasteiger partial charge in [-0.05, 0) is 17.7 Å². The largest absolute Gasteiger partial charge is 0.465 e. The van der Waals surface area contributed by atoms with Gasteiger partial charge >= 0.3 is 5.97 Å². The topological polar surface area (TPSA) is 61.2 Å². The molecule has 0 aliphatic heterocycles. The second kappa shape index (κ2) is 4.83. The zero-order valence-electron chi connectivity index (χ0n) is 10.1. The van der Waals surface area contributed by atoms with Crippen LogP contribution in [0.4, 0.5) is 0 Å². The van der Waals surface area contributed by atoms with E-state index < -0.39 is 5.97 Å². The van der Waals surface area contributed by atoms with Crippen molar-refractivity contribution < 1.29 is 14.3 Å². The number of carbonyl (C=O) groups is 2. The van der Waals surface area contributed by atoms with Gasteiger partial charge in [-0.3, -0.25) is 9.48 Å². The average molecular weight is 244 g/mol. The molecule has 5 nitrogen and oxygen atoms in total. The van der Waals surface area contributed by atoms with E-state index >= 15 is 0 Å². The van der Waals surface area contributed by atoms with Crippen molar-refractivity contribution in [3.8, 4) is 11.1 Å². The lowest BCUT2D eigenvalue weighted by atomic mass is 10.0. The molecule has 0 N–H and O–H groups in total. The second-order valence-electron chi connectivity index (χ2n) is 3.81. The number of aryl methyl sites for hydroxylation is 1. The Morgan fingerprint density at radius 3 is 2.78 bits per heavy atom. The number of methoxy groups -OCH3 is 1.